The first-order valence-corrected chi connectivity index (χ1v) is 7.77. The van der Waals surface area contributed by atoms with Crippen molar-refractivity contribution in [3.8, 4) is 0 Å². The van der Waals surface area contributed by atoms with Gasteiger partial charge in [0, 0.05) is 5.54 Å². The van der Waals surface area contributed by atoms with Crippen molar-refractivity contribution < 1.29 is 19.1 Å². The third-order valence-electron chi connectivity index (χ3n) is 4.73. The molecule has 7 nitrogen and oxygen atoms in total. The molecule has 2 fully saturated rings. The Morgan fingerprint density at radius 3 is 2.65 bits per heavy atom. The number of carbonyl (C=O) groups excluding carboxylic acids is 3. The van der Waals surface area contributed by atoms with Crippen LogP contribution in [0.1, 0.15) is 27.7 Å². The highest BCUT2D eigenvalue weighted by atomic mass is 16.5. The van der Waals surface area contributed by atoms with Gasteiger partial charge in [0.05, 0.1) is 30.5 Å². The molecule has 0 unspecified atom stereocenters. The van der Waals surface area contributed by atoms with E-state index >= 15 is 0 Å². The average molecular weight is 321 g/mol. The van der Waals surface area contributed by atoms with E-state index in [0.717, 1.165) is 0 Å². The Balaban J connectivity index is 1.93. The van der Waals surface area contributed by atoms with Crippen LogP contribution in [0.2, 0.25) is 0 Å². The molecule has 23 heavy (non-hydrogen) atoms. The number of nitrogens with two attached hydrogens (primary N) is 1. The normalized spacial score (nSPS) is 38.1. The molecular weight excluding hydrogens is 298 g/mol. The summed E-state index contributed by atoms with van der Waals surface area (Å²) in [6.45, 7) is 7.60. The lowest BCUT2D eigenvalue weighted by molar-refractivity contribution is -0.141. The van der Waals surface area contributed by atoms with E-state index in [2.05, 4.69) is 5.32 Å². The monoisotopic (exact) mass is 321 g/mol. The standard InChI is InChI=1S/C16H23N3O4/c1-14(2,3)18-12(21)10-11-13(22)19(7-9(17)20)8-16(11)6-5-15(10,4)23-16/h5-6,10-11H,7-8H2,1-4H3,(H2,17,20)(H,18,21)/t10-,11+,15+,16-/m1/s1. The number of nitrogens with one attached hydrogen (secondary N) is 1. The number of primary amides is 1. The van der Waals surface area contributed by atoms with Gasteiger partial charge in [-0.1, -0.05) is 12.2 Å². The summed E-state index contributed by atoms with van der Waals surface area (Å²) in [7, 11) is 0. The minimum absolute atomic E-state index is 0.154. The van der Waals surface area contributed by atoms with Crippen LogP contribution in [0.25, 0.3) is 0 Å². The highest BCUT2D eigenvalue weighted by Crippen LogP contribution is 2.57. The second kappa shape index (κ2) is 4.56. The van der Waals surface area contributed by atoms with Gasteiger partial charge in [-0.2, -0.15) is 0 Å². The van der Waals surface area contributed by atoms with Crippen LogP contribution >= 0.6 is 0 Å². The molecule has 2 bridgehead atoms. The van der Waals surface area contributed by atoms with Crippen molar-refractivity contribution in [2.45, 2.75) is 44.4 Å². The molecule has 4 atom stereocenters. The maximum absolute atomic E-state index is 12.8. The lowest BCUT2D eigenvalue weighted by Crippen LogP contribution is -2.52. The molecule has 3 heterocycles. The van der Waals surface area contributed by atoms with Gasteiger partial charge in [-0.15, -0.1) is 0 Å². The zero-order chi connectivity index (χ0) is 17.2. The highest BCUT2D eigenvalue weighted by molar-refractivity contribution is 5.95. The van der Waals surface area contributed by atoms with Crippen LogP contribution in [0.3, 0.4) is 0 Å². The summed E-state index contributed by atoms with van der Waals surface area (Å²) in [4.78, 5) is 38.1. The lowest BCUT2D eigenvalue weighted by atomic mass is 9.71. The van der Waals surface area contributed by atoms with Crippen molar-refractivity contribution in [2.75, 3.05) is 13.1 Å². The Labute approximate surface area is 135 Å². The molecule has 7 heteroatoms. The number of fused-ring (bicyclic) bond motifs is 1. The van der Waals surface area contributed by atoms with Crippen LogP contribution in [-0.4, -0.2) is 52.5 Å². The Morgan fingerprint density at radius 2 is 2.09 bits per heavy atom. The van der Waals surface area contributed by atoms with Gasteiger partial charge in [-0.05, 0) is 27.7 Å². The molecule has 1 spiro atoms. The maximum Gasteiger partial charge on any atom is 0.237 e. The summed E-state index contributed by atoms with van der Waals surface area (Å²) in [5, 5.41) is 2.94. The SMILES string of the molecule is CC(C)(C)NC(=O)[C@H]1[C@H]2C(=O)N(CC(N)=O)C[C@]23C=C[C@]1(C)O3. The first-order valence-electron chi connectivity index (χ1n) is 7.77. The van der Waals surface area contributed by atoms with Gasteiger partial charge in [0.25, 0.3) is 0 Å². The van der Waals surface area contributed by atoms with Crippen molar-refractivity contribution in [1.29, 1.82) is 0 Å². The summed E-state index contributed by atoms with van der Waals surface area (Å²) >= 11 is 0. The van der Waals surface area contributed by atoms with E-state index in [1.165, 1.54) is 4.90 Å². The second-order valence-electron chi connectivity index (χ2n) is 7.93. The molecule has 2 saturated heterocycles. The second-order valence-corrected chi connectivity index (χ2v) is 7.93. The minimum atomic E-state index is -0.832. The molecule has 0 saturated carbocycles. The lowest BCUT2D eigenvalue weighted by Gasteiger charge is -2.32. The predicted molar refractivity (Wildman–Crippen MR) is 82.0 cm³/mol. The van der Waals surface area contributed by atoms with E-state index in [1.54, 1.807) is 0 Å². The largest absolute Gasteiger partial charge is 0.368 e. The van der Waals surface area contributed by atoms with E-state index in [4.69, 9.17) is 10.5 Å². The van der Waals surface area contributed by atoms with Gasteiger partial charge in [-0.25, -0.2) is 0 Å². The summed E-state index contributed by atoms with van der Waals surface area (Å²) in [6, 6.07) is 0. The summed E-state index contributed by atoms with van der Waals surface area (Å²) in [6.07, 6.45) is 3.72. The molecule has 3 N–H and O–H groups in total. The number of likely N-dealkylation sites (tertiary alicyclic amines) is 1. The zero-order valence-electron chi connectivity index (χ0n) is 13.9. The van der Waals surface area contributed by atoms with E-state index in [1.807, 2.05) is 39.8 Å². The van der Waals surface area contributed by atoms with Crippen LogP contribution in [0, 0.1) is 11.8 Å². The Hall–Kier alpha value is -1.89. The van der Waals surface area contributed by atoms with Crippen LogP contribution in [0.5, 0.6) is 0 Å². The number of amides is 3. The van der Waals surface area contributed by atoms with Crippen molar-refractivity contribution in [2.24, 2.45) is 17.6 Å². The summed E-state index contributed by atoms with van der Waals surface area (Å²) in [5.41, 5.74) is 3.18. The fourth-order valence-corrected chi connectivity index (χ4v) is 4.02. The van der Waals surface area contributed by atoms with Crippen LogP contribution in [-0.2, 0) is 19.1 Å². The smallest absolute Gasteiger partial charge is 0.237 e. The molecule has 3 aliphatic rings. The van der Waals surface area contributed by atoms with Gasteiger partial charge in [-0.3, -0.25) is 14.4 Å². The number of hydrogen-bond donors (Lipinski definition) is 2. The first-order chi connectivity index (χ1) is 10.5. The molecule has 3 rings (SSSR count). The molecule has 126 valence electrons. The molecule has 3 aliphatic heterocycles. The molecule has 0 aromatic rings. The van der Waals surface area contributed by atoms with Crippen molar-refractivity contribution in [3.05, 3.63) is 12.2 Å². The summed E-state index contributed by atoms with van der Waals surface area (Å²) < 4.78 is 6.12. The Morgan fingerprint density at radius 1 is 1.43 bits per heavy atom. The molecule has 0 radical (unpaired) electrons. The molecule has 3 amide bonds. The number of hydrogen-bond acceptors (Lipinski definition) is 4. The number of nitrogens with zero attached hydrogens (tertiary/aromatic N) is 1. The number of carbonyl (C=O) groups is 3. The highest BCUT2D eigenvalue weighted by Gasteiger charge is 2.71. The third kappa shape index (κ3) is 2.34. The van der Waals surface area contributed by atoms with Gasteiger partial charge < -0.3 is 20.7 Å². The van der Waals surface area contributed by atoms with Gasteiger partial charge in [0.1, 0.15) is 5.60 Å². The molecule has 0 aromatic heterocycles. The van der Waals surface area contributed by atoms with E-state index in [-0.39, 0.29) is 24.9 Å². The van der Waals surface area contributed by atoms with Crippen LogP contribution in [0.15, 0.2) is 12.2 Å². The Bertz CT molecular complexity index is 623. The van der Waals surface area contributed by atoms with E-state index in [9.17, 15) is 14.4 Å². The summed E-state index contributed by atoms with van der Waals surface area (Å²) in [5.74, 6) is -2.25. The zero-order valence-corrected chi connectivity index (χ0v) is 13.9. The Kier molecular flexibility index (Phi) is 3.17. The fraction of sp³-hybridized carbons (Fsp3) is 0.688. The average Bonchev–Trinajstić information content (AvgIpc) is 2.90. The molecule has 0 aliphatic carbocycles. The molecular formula is C16H23N3O4. The number of rotatable bonds is 3. The quantitative estimate of drug-likeness (QED) is 0.688. The first kappa shape index (κ1) is 16.0. The van der Waals surface area contributed by atoms with Gasteiger partial charge in [0.15, 0.2) is 0 Å². The third-order valence-corrected chi connectivity index (χ3v) is 4.73. The van der Waals surface area contributed by atoms with Gasteiger partial charge in [0.2, 0.25) is 17.7 Å². The molecule has 0 aromatic carbocycles. The van der Waals surface area contributed by atoms with Crippen molar-refractivity contribution in [1.82, 2.24) is 10.2 Å². The maximum atomic E-state index is 12.8. The van der Waals surface area contributed by atoms with Crippen molar-refractivity contribution >= 4 is 17.7 Å². The van der Waals surface area contributed by atoms with E-state index in [0.29, 0.717) is 0 Å². The van der Waals surface area contributed by atoms with Crippen molar-refractivity contribution in [3.63, 3.8) is 0 Å². The van der Waals surface area contributed by atoms with Crippen LogP contribution in [0.4, 0.5) is 0 Å². The predicted octanol–water partition coefficient (Wildman–Crippen LogP) is -0.441. The van der Waals surface area contributed by atoms with E-state index < -0.39 is 34.5 Å². The van der Waals surface area contributed by atoms with Crippen LogP contribution < -0.4 is 11.1 Å². The number of ether oxygens (including phenoxy) is 1. The topological polar surface area (TPSA) is 102 Å². The fourth-order valence-electron chi connectivity index (χ4n) is 4.02. The minimum Gasteiger partial charge on any atom is -0.368 e. The van der Waals surface area contributed by atoms with Gasteiger partial charge >= 0.3 is 0 Å².